The predicted octanol–water partition coefficient (Wildman–Crippen LogP) is 4.54. The van der Waals surface area contributed by atoms with Crippen LogP contribution in [0.1, 0.15) is 67.5 Å². The summed E-state index contributed by atoms with van der Waals surface area (Å²) in [7, 11) is 6.91. The lowest BCUT2D eigenvalue weighted by Crippen LogP contribution is -2.30. The molecule has 316 valence electrons. The second kappa shape index (κ2) is 21.1. The van der Waals surface area contributed by atoms with E-state index in [1.807, 2.05) is 18.0 Å². The number of hydrogen-bond acceptors (Lipinski definition) is 15. The summed E-state index contributed by atoms with van der Waals surface area (Å²) in [5.74, 6) is 3.82. The lowest BCUT2D eigenvalue weighted by molar-refractivity contribution is -0.135. The highest BCUT2D eigenvalue weighted by atomic mass is 16.5. The Labute approximate surface area is 345 Å². The maximum absolute atomic E-state index is 12.7. The van der Waals surface area contributed by atoms with Crippen LogP contribution in [0.4, 0.5) is 11.6 Å². The summed E-state index contributed by atoms with van der Waals surface area (Å²) >= 11 is 0. The van der Waals surface area contributed by atoms with Gasteiger partial charge in [-0.3, -0.25) is 19.6 Å². The minimum Gasteiger partial charge on any atom is -0.497 e. The van der Waals surface area contributed by atoms with Gasteiger partial charge < -0.3 is 39.6 Å². The molecule has 4 aliphatic rings. The van der Waals surface area contributed by atoms with Crippen molar-refractivity contribution in [3.8, 4) is 34.5 Å². The van der Waals surface area contributed by atoms with Gasteiger partial charge in [-0.05, 0) is 82.3 Å². The van der Waals surface area contributed by atoms with Crippen molar-refractivity contribution in [2.24, 2.45) is 11.7 Å². The SMILES string of the molecule is COc1ccnc(-c2nc3c(c(N(C)CC(=O)CC4CCOCC4)n2)CCC3)c1.COc1ccnc(-c2nc3c(c(N(C)CC(=O)O)n2)CCC3)c1.NC1CCOCC1. The van der Waals surface area contributed by atoms with E-state index >= 15 is 0 Å². The molecule has 0 radical (unpaired) electrons. The summed E-state index contributed by atoms with van der Waals surface area (Å²) < 4.78 is 21.0. The van der Waals surface area contributed by atoms with Crippen molar-refractivity contribution < 1.29 is 33.6 Å². The van der Waals surface area contributed by atoms with Gasteiger partial charge in [-0.25, -0.2) is 19.9 Å². The number of methoxy groups -OCH3 is 2. The topological polar surface area (TPSA) is 201 Å². The van der Waals surface area contributed by atoms with E-state index in [9.17, 15) is 9.59 Å². The minimum atomic E-state index is -0.890. The number of anilines is 2. The molecule has 0 aromatic carbocycles. The van der Waals surface area contributed by atoms with Crippen molar-refractivity contribution >= 4 is 23.4 Å². The number of pyridine rings is 2. The van der Waals surface area contributed by atoms with Gasteiger partial charge >= 0.3 is 5.97 Å². The number of ether oxygens (including phenoxy) is 4. The smallest absolute Gasteiger partial charge is 0.323 e. The van der Waals surface area contributed by atoms with Crippen molar-refractivity contribution in [3.05, 3.63) is 59.2 Å². The van der Waals surface area contributed by atoms with Gasteiger partial charge in [0.25, 0.3) is 0 Å². The number of aliphatic carboxylic acids is 1. The molecule has 16 heteroatoms. The van der Waals surface area contributed by atoms with E-state index in [2.05, 4.69) is 19.9 Å². The van der Waals surface area contributed by atoms with Crippen molar-refractivity contribution in [3.63, 3.8) is 0 Å². The monoisotopic (exact) mass is 811 g/mol. The van der Waals surface area contributed by atoms with Gasteiger partial charge in [0, 0.05) is 100 Å². The van der Waals surface area contributed by atoms with Gasteiger partial charge in [0.2, 0.25) is 0 Å². The average Bonchev–Trinajstić information content (AvgIpc) is 3.94. The Morgan fingerprint density at radius 1 is 0.729 bits per heavy atom. The molecule has 4 aromatic rings. The van der Waals surface area contributed by atoms with Crippen molar-refractivity contribution in [2.45, 2.75) is 76.7 Å². The van der Waals surface area contributed by atoms with E-state index in [-0.39, 0.29) is 12.3 Å². The van der Waals surface area contributed by atoms with E-state index in [0.717, 1.165) is 125 Å². The van der Waals surface area contributed by atoms with Gasteiger partial charge in [0.15, 0.2) is 17.4 Å². The van der Waals surface area contributed by atoms with Crippen molar-refractivity contribution in [1.29, 1.82) is 0 Å². The van der Waals surface area contributed by atoms with Crippen LogP contribution in [-0.2, 0) is 44.7 Å². The number of nitrogens with zero attached hydrogens (tertiary/aromatic N) is 8. The number of carbonyl (C=O) groups excluding carboxylic acids is 1. The Morgan fingerprint density at radius 2 is 1.20 bits per heavy atom. The summed E-state index contributed by atoms with van der Waals surface area (Å²) in [4.78, 5) is 54.8. The maximum Gasteiger partial charge on any atom is 0.323 e. The number of nitrogens with two attached hydrogens (primary N) is 1. The molecule has 3 N–H and O–H groups in total. The Balaban J connectivity index is 0.000000173. The molecule has 0 amide bonds. The van der Waals surface area contributed by atoms with Crippen LogP contribution in [0.5, 0.6) is 11.5 Å². The number of carbonyl (C=O) groups is 2. The molecule has 2 aliphatic carbocycles. The third-order valence-corrected chi connectivity index (χ3v) is 10.8. The Hall–Kier alpha value is -5.32. The molecule has 2 fully saturated rings. The lowest BCUT2D eigenvalue weighted by atomic mass is 9.94. The summed E-state index contributed by atoms with van der Waals surface area (Å²) in [6, 6.07) is 7.59. The number of fused-ring (bicyclic) bond motifs is 2. The second-order valence-electron chi connectivity index (χ2n) is 15.3. The second-order valence-corrected chi connectivity index (χ2v) is 15.3. The fourth-order valence-electron chi connectivity index (χ4n) is 7.68. The van der Waals surface area contributed by atoms with E-state index in [1.54, 1.807) is 56.8 Å². The Bertz CT molecular complexity index is 2040. The zero-order valence-electron chi connectivity index (χ0n) is 34.7. The summed E-state index contributed by atoms with van der Waals surface area (Å²) in [6.45, 7) is 3.52. The molecule has 8 rings (SSSR count). The van der Waals surface area contributed by atoms with Gasteiger partial charge in [-0.2, -0.15) is 0 Å². The van der Waals surface area contributed by atoms with Crippen LogP contribution in [0.2, 0.25) is 0 Å². The molecule has 4 aromatic heterocycles. The molecule has 0 spiro atoms. The number of aryl methyl sites for hydroxylation is 2. The average molecular weight is 812 g/mol. The van der Waals surface area contributed by atoms with Crippen LogP contribution in [0.25, 0.3) is 23.0 Å². The molecule has 0 saturated carbocycles. The first kappa shape index (κ1) is 43.3. The van der Waals surface area contributed by atoms with Crippen LogP contribution < -0.4 is 25.0 Å². The number of Topliss-reactive ketones (excluding diaryl/α,β-unsaturated/α-hetero) is 1. The Morgan fingerprint density at radius 3 is 1.64 bits per heavy atom. The van der Waals surface area contributed by atoms with Crippen LogP contribution in [0.3, 0.4) is 0 Å². The van der Waals surface area contributed by atoms with Crippen LogP contribution in [0.15, 0.2) is 36.7 Å². The molecule has 6 heterocycles. The molecule has 2 saturated heterocycles. The molecule has 0 bridgehead atoms. The number of carboxylic acid groups (broad SMARTS) is 1. The number of likely N-dealkylation sites (N-methyl/N-ethyl adjacent to an activating group) is 2. The molecule has 2 aliphatic heterocycles. The predicted molar refractivity (Wildman–Crippen MR) is 223 cm³/mol. The van der Waals surface area contributed by atoms with Crippen LogP contribution in [-0.4, -0.2) is 121 Å². The highest BCUT2D eigenvalue weighted by molar-refractivity contribution is 5.83. The van der Waals surface area contributed by atoms with E-state index in [4.69, 9.17) is 39.8 Å². The molecular weight excluding hydrogens is 755 g/mol. The first-order valence-corrected chi connectivity index (χ1v) is 20.5. The largest absolute Gasteiger partial charge is 0.497 e. The summed E-state index contributed by atoms with van der Waals surface area (Å²) in [5, 5.41) is 9.03. The van der Waals surface area contributed by atoms with Gasteiger partial charge in [-0.15, -0.1) is 0 Å². The fraction of sp³-hybridized carbons (Fsp3) is 0.535. The highest BCUT2D eigenvalue weighted by Gasteiger charge is 2.26. The number of carboxylic acids is 1. The third kappa shape index (κ3) is 11.9. The molecule has 59 heavy (non-hydrogen) atoms. The number of rotatable bonds is 12. The van der Waals surface area contributed by atoms with Crippen molar-refractivity contribution in [1.82, 2.24) is 29.9 Å². The maximum atomic E-state index is 12.7. The summed E-state index contributed by atoms with van der Waals surface area (Å²) in [6.07, 6.45) is 13.7. The molecule has 0 unspecified atom stereocenters. The Kier molecular flexibility index (Phi) is 15.5. The molecule has 0 atom stereocenters. The van der Waals surface area contributed by atoms with Crippen molar-refractivity contribution in [2.75, 3.05) is 77.6 Å². The quantitative estimate of drug-likeness (QED) is 0.202. The zero-order valence-corrected chi connectivity index (χ0v) is 34.7. The molecular formula is C43H57N9O7. The standard InChI is InChI=1S/C22H28N4O3.C16H18N4O3.C5H11NO/c1-26(14-16(27)12-15-7-10-29-11-8-15)22-18-4-3-5-19(18)24-21(25-22)20-13-17(28-2)6-9-23-20;1-20(9-14(21)22)16-11-4-3-5-12(11)18-15(19-16)13-8-10(23-2)6-7-17-13;6-5-1-3-7-4-2-5/h6,9,13,15H,3-5,7-8,10-12,14H2,1-2H3;6-8H,3-5,9H2,1-2H3,(H,21,22);5H,1-4,6H2. The first-order valence-electron chi connectivity index (χ1n) is 20.5. The number of hydrogen-bond donors (Lipinski definition) is 2. The highest BCUT2D eigenvalue weighted by Crippen LogP contribution is 2.33. The molecule has 16 nitrogen and oxygen atoms in total. The summed E-state index contributed by atoms with van der Waals surface area (Å²) in [5.41, 5.74) is 11.1. The lowest BCUT2D eigenvalue weighted by Gasteiger charge is -2.24. The van der Waals surface area contributed by atoms with E-state index < -0.39 is 5.97 Å². The number of ketones is 1. The minimum absolute atomic E-state index is 0.103. The van der Waals surface area contributed by atoms with Gasteiger partial charge in [0.1, 0.15) is 41.1 Å². The third-order valence-electron chi connectivity index (χ3n) is 10.8. The number of aromatic nitrogens is 6. The van der Waals surface area contributed by atoms with E-state index in [0.29, 0.717) is 59.5 Å². The van der Waals surface area contributed by atoms with E-state index in [1.165, 1.54) is 0 Å². The van der Waals surface area contributed by atoms with Gasteiger partial charge in [0.05, 0.1) is 20.8 Å². The normalized spacial score (nSPS) is 16.1. The van der Waals surface area contributed by atoms with Crippen LogP contribution in [0, 0.1) is 5.92 Å². The van der Waals surface area contributed by atoms with Gasteiger partial charge in [-0.1, -0.05) is 0 Å². The first-order chi connectivity index (χ1) is 28.6. The zero-order chi connectivity index (χ0) is 41.7. The fourth-order valence-corrected chi connectivity index (χ4v) is 7.68. The van der Waals surface area contributed by atoms with Crippen LogP contribution >= 0.6 is 0 Å².